The lowest BCUT2D eigenvalue weighted by molar-refractivity contribution is -0.339. The maximum atomic E-state index is 12.7. The van der Waals surface area contributed by atoms with Crippen molar-refractivity contribution in [2.45, 2.75) is 200 Å². The van der Waals surface area contributed by atoms with E-state index in [9.17, 15) is 54.9 Å². The predicted molar refractivity (Wildman–Crippen MR) is 229 cm³/mol. The number of carbonyl (C=O) groups is 4. The monoisotopic (exact) mass is 938 g/mol. The molecule has 374 valence electrons. The Morgan fingerprint density at radius 1 is 0.697 bits per heavy atom. The second-order valence-corrected chi connectivity index (χ2v) is 22.4. The first-order chi connectivity index (χ1) is 30.7. The normalized spacial score (nSPS) is 51.1. The fraction of sp³-hybridized carbons (Fsp3) is 0.875. The first-order valence-corrected chi connectivity index (χ1v) is 23.7. The van der Waals surface area contributed by atoms with Crippen LogP contribution >= 0.6 is 0 Å². The highest BCUT2D eigenvalue weighted by molar-refractivity contribution is 5.73. The number of carboxylic acid groups (broad SMARTS) is 1. The Morgan fingerprint density at radius 2 is 1.32 bits per heavy atom. The second-order valence-electron chi connectivity index (χ2n) is 22.4. The minimum absolute atomic E-state index is 0.0527. The zero-order valence-corrected chi connectivity index (χ0v) is 40.0. The number of aliphatic hydroxyl groups excluding tert-OH is 6. The second kappa shape index (κ2) is 17.9. The number of allylic oxidation sites excluding steroid dienone is 2. The van der Waals surface area contributed by atoms with E-state index in [1.807, 2.05) is 13.8 Å². The lowest BCUT2D eigenvalue weighted by atomic mass is 9.33. The number of rotatable bonds is 10. The first kappa shape index (κ1) is 51.1. The molecule has 4 saturated carbocycles. The van der Waals surface area contributed by atoms with Crippen LogP contribution in [0.25, 0.3) is 0 Å². The zero-order valence-electron chi connectivity index (χ0n) is 40.0. The topological polar surface area (TPSA) is 274 Å². The summed E-state index contributed by atoms with van der Waals surface area (Å²) >= 11 is 0. The summed E-state index contributed by atoms with van der Waals surface area (Å²) in [6.07, 6.45) is -10.1. The molecule has 22 atom stereocenters. The van der Waals surface area contributed by atoms with Gasteiger partial charge in [-0.05, 0) is 92.3 Å². The largest absolute Gasteiger partial charge is 0.479 e. The number of ether oxygens (including phenoxy) is 7. The molecule has 0 aromatic rings. The third kappa shape index (κ3) is 7.94. The molecule has 7 rings (SSSR count). The van der Waals surface area contributed by atoms with Gasteiger partial charge in [0.1, 0.15) is 18.3 Å². The van der Waals surface area contributed by atoms with Gasteiger partial charge in [0.25, 0.3) is 0 Å². The number of aliphatic hydroxyl groups is 6. The highest BCUT2D eigenvalue weighted by Gasteiger charge is 2.71. The molecule has 0 bridgehead atoms. The Hall–Kier alpha value is -2.78. The van der Waals surface area contributed by atoms with Crippen molar-refractivity contribution < 1.29 is 88.1 Å². The third-order valence-electron chi connectivity index (χ3n) is 18.6. The van der Waals surface area contributed by atoms with E-state index < -0.39 is 120 Å². The Labute approximate surface area is 386 Å². The van der Waals surface area contributed by atoms with E-state index in [-0.39, 0.29) is 47.2 Å². The van der Waals surface area contributed by atoms with Crippen LogP contribution in [0.5, 0.6) is 0 Å². The number of carboxylic acids is 1. The van der Waals surface area contributed by atoms with Gasteiger partial charge in [-0.25, -0.2) is 4.79 Å². The van der Waals surface area contributed by atoms with Gasteiger partial charge in [0, 0.05) is 37.0 Å². The average Bonchev–Trinajstić information content (AvgIpc) is 3.23. The molecular formula is C48H74O18. The van der Waals surface area contributed by atoms with Crippen molar-refractivity contribution in [2.75, 3.05) is 13.2 Å². The van der Waals surface area contributed by atoms with E-state index in [4.69, 9.17) is 33.2 Å². The molecule has 22 unspecified atom stereocenters. The van der Waals surface area contributed by atoms with Crippen molar-refractivity contribution in [3.8, 4) is 0 Å². The summed E-state index contributed by atoms with van der Waals surface area (Å²) in [6.45, 7) is 17.5. The maximum absolute atomic E-state index is 12.7. The summed E-state index contributed by atoms with van der Waals surface area (Å²) in [4.78, 5) is 48.9. The molecule has 0 amide bonds. The average molecular weight is 939 g/mol. The van der Waals surface area contributed by atoms with Crippen LogP contribution in [0.2, 0.25) is 0 Å². The van der Waals surface area contributed by atoms with Crippen molar-refractivity contribution in [2.24, 2.45) is 50.2 Å². The van der Waals surface area contributed by atoms with Gasteiger partial charge in [-0.3, -0.25) is 14.4 Å². The minimum atomic E-state index is -1.85. The third-order valence-corrected chi connectivity index (χ3v) is 18.6. The van der Waals surface area contributed by atoms with Gasteiger partial charge in [0.15, 0.2) is 37.0 Å². The molecule has 0 spiro atoms. The summed E-state index contributed by atoms with van der Waals surface area (Å²) in [7, 11) is 0. The fourth-order valence-corrected chi connectivity index (χ4v) is 14.7. The highest BCUT2D eigenvalue weighted by Crippen LogP contribution is 2.76. The molecule has 2 aliphatic heterocycles. The summed E-state index contributed by atoms with van der Waals surface area (Å²) in [5.74, 6) is -3.66. The van der Waals surface area contributed by atoms with Crippen LogP contribution in [0.1, 0.15) is 121 Å². The maximum Gasteiger partial charge on any atom is 0.335 e. The van der Waals surface area contributed by atoms with Gasteiger partial charge in [0.2, 0.25) is 0 Å². The van der Waals surface area contributed by atoms with Gasteiger partial charge in [0.05, 0.1) is 37.6 Å². The van der Waals surface area contributed by atoms with Crippen molar-refractivity contribution in [1.82, 2.24) is 0 Å². The van der Waals surface area contributed by atoms with E-state index in [1.54, 1.807) is 6.92 Å². The van der Waals surface area contributed by atoms with Gasteiger partial charge >= 0.3 is 23.9 Å². The molecule has 0 radical (unpaired) electrons. The van der Waals surface area contributed by atoms with Crippen LogP contribution in [0.4, 0.5) is 0 Å². The van der Waals surface area contributed by atoms with E-state index >= 15 is 0 Å². The van der Waals surface area contributed by atoms with E-state index in [2.05, 4.69) is 33.8 Å². The van der Waals surface area contributed by atoms with Gasteiger partial charge in [-0.2, -0.15) is 0 Å². The van der Waals surface area contributed by atoms with Crippen LogP contribution in [0.3, 0.4) is 0 Å². The Morgan fingerprint density at radius 3 is 1.91 bits per heavy atom. The molecule has 0 aromatic carbocycles. The summed E-state index contributed by atoms with van der Waals surface area (Å²) < 4.78 is 41.6. The number of aliphatic carboxylic acids is 1. The summed E-state index contributed by atoms with van der Waals surface area (Å²) in [5, 5.41) is 76.6. The van der Waals surface area contributed by atoms with Crippen LogP contribution < -0.4 is 0 Å². The Bertz CT molecular complexity index is 1910. The molecule has 18 nitrogen and oxygen atoms in total. The van der Waals surface area contributed by atoms with Gasteiger partial charge < -0.3 is 68.9 Å². The number of carbonyl (C=O) groups excluding carboxylic acids is 3. The van der Waals surface area contributed by atoms with Crippen molar-refractivity contribution in [3.63, 3.8) is 0 Å². The molecule has 0 aromatic heterocycles. The van der Waals surface area contributed by atoms with E-state index in [1.165, 1.54) is 26.3 Å². The quantitative estimate of drug-likeness (QED) is 0.0718. The molecule has 7 aliphatic rings. The molecule has 2 saturated heterocycles. The highest BCUT2D eigenvalue weighted by atomic mass is 16.7. The Balaban J connectivity index is 1.16. The lowest BCUT2D eigenvalue weighted by Crippen LogP contribution is -2.69. The molecule has 7 N–H and O–H groups in total. The minimum Gasteiger partial charge on any atom is -0.479 e. The Kier molecular flexibility index (Phi) is 13.8. The molecule has 6 fully saturated rings. The molecule has 2 heterocycles. The molecular weight excluding hydrogens is 865 g/mol. The number of fused-ring (bicyclic) bond motifs is 7. The molecule has 18 heteroatoms. The number of hydrogen-bond donors (Lipinski definition) is 7. The standard InChI is InChI=1S/C48H74O18/c1-22-34(61-23(2)51)36(62-24(3)52)37(63-25(4)53)42(60-22)66-39-38(57)44(6)17-18-47(9)26(27(44)19-43(39,5)20-49)11-12-29-45(7)15-14-30(46(8,21-50)28(45)13-16-48(29,47)10)64-41-33(56)31(54)32(55)35(65-41)40(58)59/h11,22,27-39,41-42,49-50,54-57H,12-21H2,1-10H3,(H,58,59). The first-order valence-electron chi connectivity index (χ1n) is 23.7. The van der Waals surface area contributed by atoms with Crippen molar-refractivity contribution >= 4 is 23.9 Å². The van der Waals surface area contributed by atoms with Crippen molar-refractivity contribution in [1.29, 1.82) is 0 Å². The van der Waals surface area contributed by atoms with E-state index in [0.29, 0.717) is 25.7 Å². The zero-order chi connectivity index (χ0) is 48.9. The van der Waals surface area contributed by atoms with Crippen LogP contribution in [-0.2, 0) is 52.3 Å². The lowest BCUT2D eigenvalue weighted by Gasteiger charge is -2.72. The van der Waals surface area contributed by atoms with Crippen LogP contribution in [0.15, 0.2) is 11.6 Å². The molecule has 5 aliphatic carbocycles. The molecule has 66 heavy (non-hydrogen) atoms. The smallest absolute Gasteiger partial charge is 0.335 e. The SMILES string of the molecule is CC(=O)OC1C(C)OC(OC2C(O)C3(C)CCC4(C)C(=CCC5C6(C)CCC(OC7OC(C(=O)O)C(O)C(O)C7O)C(C)(CO)C6CCC54C)C3CC2(C)CO)C(OC(C)=O)C1OC(C)=O. The predicted octanol–water partition coefficient (Wildman–Crippen LogP) is 2.54. The van der Waals surface area contributed by atoms with Gasteiger partial charge in [-0.15, -0.1) is 0 Å². The van der Waals surface area contributed by atoms with Crippen molar-refractivity contribution in [3.05, 3.63) is 11.6 Å². The number of hydrogen-bond acceptors (Lipinski definition) is 17. The van der Waals surface area contributed by atoms with Gasteiger partial charge in [-0.1, -0.05) is 53.2 Å². The fourth-order valence-electron chi connectivity index (χ4n) is 14.7. The van der Waals surface area contributed by atoms with E-state index in [0.717, 1.165) is 25.7 Å². The summed E-state index contributed by atoms with van der Waals surface area (Å²) in [5.41, 5.74) is -2.22. The number of esters is 3. The van der Waals surface area contributed by atoms with Crippen LogP contribution in [-0.4, -0.2) is 153 Å². The summed E-state index contributed by atoms with van der Waals surface area (Å²) in [6, 6.07) is 0. The van der Waals surface area contributed by atoms with Crippen LogP contribution in [0, 0.1) is 50.2 Å².